The molecule has 0 bridgehead atoms. The molecule has 1 atom stereocenters. The van der Waals surface area contributed by atoms with Crippen LogP contribution < -0.4 is 16.0 Å². The number of piperidine rings is 1. The van der Waals surface area contributed by atoms with Gasteiger partial charge < -0.3 is 14.7 Å². The van der Waals surface area contributed by atoms with Crippen molar-refractivity contribution in [2.45, 2.75) is 32.2 Å². The van der Waals surface area contributed by atoms with Gasteiger partial charge in [-0.05, 0) is 50.5 Å². The summed E-state index contributed by atoms with van der Waals surface area (Å²) >= 11 is 1.07. The molecule has 32 heavy (non-hydrogen) atoms. The van der Waals surface area contributed by atoms with Gasteiger partial charge >= 0.3 is 5.69 Å². The van der Waals surface area contributed by atoms with Crippen molar-refractivity contribution in [1.82, 2.24) is 14.0 Å². The Bertz CT molecular complexity index is 1140. The molecule has 1 saturated heterocycles. The van der Waals surface area contributed by atoms with Crippen LogP contribution in [0.25, 0.3) is 0 Å². The number of carbonyl (C=O) groups is 1. The van der Waals surface area contributed by atoms with E-state index in [1.807, 2.05) is 11.8 Å². The third-order valence-corrected chi connectivity index (χ3v) is 6.57. The highest BCUT2D eigenvalue weighted by Crippen LogP contribution is 2.26. The average Bonchev–Trinajstić information content (AvgIpc) is 2.80. The number of nitrogens with zero attached hydrogens (tertiary/aromatic N) is 4. The first kappa shape index (κ1) is 23.6. The molecule has 1 fully saturated rings. The minimum Gasteiger partial charge on any atom is -0.497 e. The standard InChI is InChI=1S/C22H28N4O5S/c1-14-7-5-6-12-26(14)17(27)13-32-19(23-15-8-10-16(31-4)11-9-15)18-20(28)24(2)22(30)25(3)21(18)29/h8-11,14,28H,5-7,12-13H2,1-4H3/t14-/m0/s1. The van der Waals surface area contributed by atoms with Gasteiger partial charge in [0.25, 0.3) is 5.56 Å². The second kappa shape index (κ2) is 10.1. The van der Waals surface area contributed by atoms with Gasteiger partial charge in [0.1, 0.15) is 16.4 Å². The largest absolute Gasteiger partial charge is 0.497 e. The lowest BCUT2D eigenvalue weighted by Crippen LogP contribution is -2.43. The van der Waals surface area contributed by atoms with Crippen molar-refractivity contribution in [2.75, 3.05) is 19.4 Å². The topological polar surface area (TPSA) is 106 Å². The van der Waals surface area contributed by atoms with E-state index in [1.54, 1.807) is 31.4 Å². The van der Waals surface area contributed by atoms with Crippen LogP contribution in [0.4, 0.5) is 5.69 Å². The van der Waals surface area contributed by atoms with Crippen molar-refractivity contribution < 1.29 is 14.6 Å². The van der Waals surface area contributed by atoms with Gasteiger partial charge in [-0.1, -0.05) is 11.8 Å². The van der Waals surface area contributed by atoms with Crippen LogP contribution in [0.1, 0.15) is 31.7 Å². The zero-order chi connectivity index (χ0) is 23.4. The molecular weight excluding hydrogens is 432 g/mol. The minimum atomic E-state index is -0.677. The van der Waals surface area contributed by atoms with Crippen LogP contribution in [-0.4, -0.2) is 55.5 Å². The molecule has 0 unspecified atom stereocenters. The second-order valence-electron chi connectivity index (χ2n) is 7.74. The summed E-state index contributed by atoms with van der Waals surface area (Å²) in [7, 11) is 4.26. The molecule has 9 nitrogen and oxygen atoms in total. The van der Waals surface area contributed by atoms with E-state index in [1.165, 1.54) is 14.1 Å². The van der Waals surface area contributed by atoms with Gasteiger partial charge in [-0.2, -0.15) is 0 Å². The third-order valence-electron chi connectivity index (χ3n) is 5.61. The summed E-state index contributed by atoms with van der Waals surface area (Å²) in [5.41, 5.74) is -0.926. The van der Waals surface area contributed by atoms with Crippen LogP contribution >= 0.6 is 11.8 Å². The Morgan fingerprint density at radius 2 is 1.88 bits per heavy atom. The molecule has 1 aliphatic rings. The SMILES string of the molecule is COc1ccc(N=C(SCC(=O)N2CCCC[C@@H]2C)c2c(O)n(C)c(=O)n(C)c2=O)cc1. The van der Waals surface area contributed by atoms with Crippen molar-refractivity contribution in [2.24, 2.45) is 19.1 Å². The van der Waals surface area contributed by atoms with Crippen LogP contribution in [0, 0.1) is 0 Å². The van der Waals surface area contributed by atoms with E-state index < -0.39 is 17.1 Å². The fraction of sp³-hybridized carbons (Fsp3) is 0.455. The van der Waals surface area contributed by atoms with E-state index in [0.717, 1.165) is 40.2 Å². The predicted octanol–water partition coefficient (Wildman–Crippen LogP) is 2.01. The monoisotopic (exact) mass is 460 g/mol. The molecule has 3 rings (SSSR count). The van der Waals surface area contributed by atoms with Crippen molar-refractivity contribution >= 4 is 28.4 Å². The molecular formula is C22H28N4O5S. The number of benzene rings is 1. The van der Waals surface area contributed by atoms with Gasteiger partial charge in [-0.3, -0.25) is 18.7 Å². The first-order valence-electron chi connectivity index (χ1n) is 10.4. The molecule has 1 amide bonds. The predicted molar refractivity (Wildman–Crippen MR) is 125 cm³/mol. The summed E-state index contributed by atoms with van der Waals surface area (Å²) in [6, 6.07) is 7.02. The molecule has 1 aromatic carbocycles. The number of aliphatic imine (C=N–C) groups is 1. The van der Waals surface area contributed by atoms with Gasteiger partial charge in [0.05, 0.1) is 18.6 Å². The molecule has 172 valence electrons. The smallest absolute Gasteiger partial charge is 0.333 e. The van der Waals surface area contributed by atoms with Crippen LogP contribution in [0.15, 0.2) is 38.8 Å². The van der Waals surface area contributed by atoms with Crippen LogP contribution in [0.2, 0.25) is 0 Å². The molecule has 1 aliphatic heterocycles. The highest BCUT2D eigenvalue weighted by molar-refractivity contribution is 8.15. The maximum absolute atomic E-state index is 12.9. The molecule has 10 heteroatoms. The Morgan fingerprint density at radius 3 is 2.50 bits per heavy atom. The Balaban J connectivity index is 2.01. The number of likely N-dealkylation sites (tertiary alicyclic amines) is 1. The number of amides is 1. The molecule has 0 spiro atoms. The molecule has 0 radical (unpaired) electrons. The number of methoxy groups -OCH3 is 1. The second-order valence-corrected chi connectivity index (χ2v) is 8.70. The van der Waals surface area contributed by atoms with E-state index >= 15 is 0 Å². The number of rotatable bonds is 5. The fourth-order valence-corrected chi connectivity index (χ4v) is 4.56. The van der Waals surface area contributed by atoms with Crippen molar-refractivity contribution in [3.63, 3.8) is 0 Å². The first-order chi connectivity index (χ1) is 15.2. The summed E-state index contributed by atoms with van der Waals surface area (Å²) in [6.07, 6.45) is 3.03. The van der Waals surface area contributed by atoms with Crippen LogP contribution in [0.3, 0.4) is 0 Å². The van der Waals surface area contributed by atoms with E-state index in [9.17, 15) is 19.5 Å². The van der Waals surface area contributed by atoms with E-state index in [-0.39, 0.29) is 28.3 Å². The van der Waals surface area contributed by atoms with E-state index in [0.29, 0.717) is 18.0 Å². The number of hydrogen-bond donors (Lipinski definition) is 1. The van der Waals surface area contributed by atoms with Gasteiger partial charge in [-0.15, -0.1) is 0 Å². The number of aromatic hydroxyl groups is 1. The maximum atomic E-state index is 12.9. The Morgan fingerprint density at radius 1 is 1.19 bits per heavy atom. The maximum Gasteiger partial charge on any atom is 0.333 e. The quantitative estimate of drug-likeness (QED) is 0.541. The van der Waals surface area contributed by atoms with Crippen molar-refractivity contribution in [3.05, 3.63) is 50.7 Å². The zero-order valence-corrected chi connectivity index (χ0v) is 19.5. The van der Waals surface area contributed by atoms with Gasteiger partial charge in [0.2, 0.25) is 11.8 Å². The van der Waals surface area contributed by atoms with Gasteiger partial charge in [0, 0.05) is 26.7 Å². The zero-order valence-electron chi connectivity index (χ0n) is 18.7. The lowest BCUT2D eigenvalue weighted by molar-refractivity contribution is -0.131. The van der Waals surface area contributed by atoms with Crippen LogP contribution in [0.5, 0.6) is 11.6 Å². The normalized spacial score (nSPS) is 16.8. The first-order valence-corrected chi connectivity index (χ1v) is 11.4. The number of hydrogen-bond acceptors (Lipinski definition) is 7. The molecule has 1 N–H and O–H groups in total. The Labute approximate surface area is 190 Å². The summed E-state index contributed by atoms with van der Waals surface area (Å²) in [5.74, 6) is 0.167. The molecule has 0 aliphatic carbocycles. The van der Waals surface area contributed by atoms with Gasteiger partial charge in [0.15, 0.2) is 0 Å². The lowest BCUT2D eigenvalue weighted by atomic mass is 10.0. The molecule has 0 saturated carbocycles. The number of carbonyl (C=O) groups excluding carboxylic acids is 1. The van der Waals surface area contributed by atoms with E-state index in [2.05, 4.69) is 4.99 Å². The number of thioether (sulfide) groups is 1. The van der Waals surface area contributed by atoms with E-state index in [4.69, 9.17) is 4.74 Å². The van der Waals surface area contributed by atoms with Crippen molar-refractivity contribution in [1.29, 1.82) is 0 Å². The number of ether oxygens (including phenoxy) is 1. The molecule has 2 heterocycles. The van der Waals surface area contributed by atoms with Gasteiger partial charge in [-0.25, -0.2) is 9.79 Å². The number of aromatic nitrogens is 2. The Kier molecular flexibility index (Phi) is 7.44. The minimum absolute atomic E-state index is 0.0502. The molecule has 2 aromatic rings. The Hall–Kier alpha value is -3.01. The third kappa shape index (κ3) is 4.90. The fourth-order valence-electron chi connectivity index (χ4n) is 3.64. The summed E-state index contributed by atoms with van der Waals surface area (Å²) in [5, 5.41) is 10.8. The van der Waals surface area contributed by atoms with Crippen LogP contribution in [-0.2, 0) is 18.9 Å². The average molecular weight is 461 g/mol. The highest BCUT2D eigenvalue weighted by atomic mass is 32.2. The van der Waals surface area contributed by atoms with Crippen molar-refractivity contribution in [3.8, 4) is 11.6 Å². The summed E-state index contributed by atoms with van der Waals surface area (Å²) < 4.78 is 7.05. The summed E-state index contributed by atoms with van der Waals surface area (Å²) in [4.78, 5) is 44.3. The lowest BCUT2D eigenvalue weighted by Gasteiger charge is -2.33. The molecule has 1 aromatic heterocycles. The summed E-state index contributed by atoms with van der Waals surface area (Å²) in [6.45, 7) is 2.74. The highest BCUT2D eigenvalue weighted by Gasteiger charge is 2.26.